The number of rotatable bonds is 6. The van der Waals surface area contributed by atoms with Crippen molar-refractivity contribution in [3.8, 4) is 0 Å². The molecule has 1 aromatic heterocycles. The van der Waals surface area contributed by atoms with E-state index in [9.17, 15) is 19.2 Å². The zero-order chi connectivity index (χ0) is 20.3. The average molecular weight is 408 g/mol. The highest BCUT2D eigenvalue weighted by Gasteiger charge is 2.38. The van der Waals surface area contributed by atoms with E-state index in [-0.39, 0.29) is 23.5 Å². The number of carbonyl (C=O) groups excluding carboxylic acids is 4. The number of amides is 4. The van der Waals surface area contributed by atoms with Crippen molar-refractivity contribution < 1.29 is 19.2 Å². The van der Waals surface area contributed by atoms with Crippen molar-refractivity contribution in [3.63, 3.8) is 0 Å². The highest BCUT2D eigenvalue weighted by Crippen LogP contribution is 2.20. The normalized spacial score (nSPS) is 25.8. The molecular weight excluding hydrogens is 384 g/mol. The summed E-state index contributed by atoms with van der Waals surface area (Å²) in [6.45, 7) is 2.19. The van der Waals surface area contributed by atoms with Gasteiger partial charge in [-0.15, -0.1) is 11.8 Å². The van der Waals surface area contributed by atoms with Crippen molar-refractivity contribution in [2.45, 2.75) is 49.6 Å². The number of nitrogens with two attached hydrogens (primary N) is 1. The summed E-state index contributed by atoms with van der Waals surface area (Å²) in [7, 11) is 0. The lowest BCUT2D eigenvalue weighted by Gasteiger charge is -2.30. The van der Waals surface area contributed by atoms with Crippen molar-refractivity contribution in [2.24, 2.45) is 5.73 Å². The molecule has 4 atom stereocenters. The third kappa shape index (κ3) is 4.46. The van der Waals surface area contributed by atoms with Gasteiger partial charge >= 0.3 is 0 Å². The molecule has 0 saturated carbocycles. The molecule has 28 heavy (non-hydrogen) atoms. The van der Waals surface area contributed by atoms with Crippen molar-refractivity contribution in [2.75, 3.05) is 12.3 Å². The minimum Gasteiger partial charge on any atom is -0.368 e. The molecule has 0 bridgehead atoms. The van der Waals surface area contributed by atoms with Gasteiger partial charge in [0, 0.05) is 30.6 Å². The van der Waals surface area contributed by atoms with E-state index >= 15 is 0 Å². The van der Waals surface area contributed by atoms with Crippen molar-refractivity contribution in [1.82, 2.24) is 25.5 Å². The fraction of sp³-hybridized carbons (Fsp3) is 0.588. The van der Waals surface area contributed by atoms with Gasteiger partial charge in [-0.25, -0.2) is 4.98 Å². The van der Waals surface area contributed by atoms with Crippen molar-refractivity contribution in [1.29, 1.82) is 0 Å². The Morgan fingerprint density at radius 1 is 1.46 bits per heavy atom. The van der Waals surface area contributed by atoms with Gasteiger partial charge < -0.3 is 26.3 Å². The van der Waals surface area contributed by atoms with Gasteiger partial charge in [0.25, 0.3) is 0 Å². The lowest BCUT2D eigenvalue weighted by atomic mass is 10.1. The second kappa shape index (κ2) is 8.63. The summed E-state index contributed by atoms with van der Waals surface area (Å²) >= 11 is 1.39. The molecule has 2 aliphatic heterocycles. The standard InChI is InChI=1S/C17H24N6O4S/c1-9-15(25)22-12(7-28-9)16(26)21-11(5-10-6-19-8-20-10)17(27)23-4-2-3-13(23)14(18)24/h6,8-9,11-13H,2-5,7H2,1H3,(H2,18,24)(H,19,20)(H,21,26)(H,22,25)/t9-,11-,12?,13+/m0/s1. The maximum atomic E-state index is 13.1. The molecule has 2 fully saturated rings. The number of hydrogen-bond donors (Lipinski definition) is 4. The van der Waals surface area contributed by atoms with E-state index in [4.69, 9.17) is 5.73 Å². The number of thioether (sulfide) groups is 1. The predicted octanol–water partition coefficient (Wildman–Crippen LogP) is -1.47. The van der Waals surface area contributed by atoms with E-state index in [1.54, 1.807) is 13.1 Å². The van der Waals surface area contributed by atoms with E-state index in [0.29, 0.717) is 30.8 Å². The minimum atomic E-state index is -0.894. The Morgan fingerprint density at radius 2 is 2.25 bits per heavy atom. The van der Waals surface area contributed by atoms with Gasteiger partial charge in [0.15, 0.2) is 0 Å². The van der Waals surface area contributed by atoms with Crippen LogP contribution in [0.5, 0.6) is 0 Å². The average Bonchev–Trinajstić information content (AvgIpc) is 3.34. The van der Waals surface area contributed by atoms with Gasteiger partial charge in [-0.2, -0.15) is 0 Å². The fourth-order valence-corrected chi connectivity index (χ4v) is 4.34. The predicted molar refractivity (Wildman–Crippen MR) is 102 cm³/mol. The molecule has 0 spiro atoms. The largest absolute Gasteiger partial charge is 0.368 e. The summed E-state index contributed by atoms with van der Waals surface area (Å²) in [6.07, 6.45) is 4.44. The number of primary amides is 1. The molecule has 2 aliphatic rings. The molecule has 1 aromatic rings. The summed E-state index contributed by atoms with van der Waals surface area (Å²) in [4.78, 5) is 57.6. The lowest BCUT2D eigenvalue weighted by molar-refractivity contribution is -0.141. The molecule has 3 heterocycles. The maximum absolute atomic E-state index is 13.1. The highest BCUT2D eigenvalue weighted by molar-refractivity contribution is 8.00. The molecule has 4 amide bonds. The van der Waals surface area contributed by atoms with Gasteiger partial charge in [0.05, 0.1) is 11.6 Å². The number of carbonyl (C=O) groups is 4. The van der Waals surface area contributed by atoms with E-state index in [1.165, 1.54) is 23.0 Å². The summed E-state index contributed by atoms with van der Waals surface area (Å²) in [5, 5.41) is 5.20. The van der Waals surface area contributed by atoms with Crippen LogP contribution >= 0.6 is 11.8 Å². The van der Waals surface area contributed by atoms with Gasteiger partial charge in [-0.1, -0.05) is 0 Å². The van der Waals surface area contributed by atoms with Crippen LogP contribution in [0.4, 0.5) is 0 Å². The minimum absolute atomic E-state index is 0.191. The van der Waals surface area contributed by atoms with Crippen LogP contribution < -0.4 is 16.4 Å². The van der Waals surface area contributed by atoms with E-state index in [2.05, 4.69) is 20.6 Å². The smallest absolute Gasteiger partial charge is 0.246 e. The molecule has 1 unspecified atom stereocenters. The summed E-state index contributed by atoms with van der Waals surface area (Å²) < 4.78 is 0. The molecule has 11 heteroatoms. The fourth-order valence-electron chi connectivity index (χ4n) is 3.40. The number of aromatic amines is 1. The Balaban J connectivity index is 1.73. The van der Waals surface area contributed by atoms with Crippen LogP contribution in [0.1, 0.15) is 25.5 Å². The first-order valence-corrected chi connectivity index (χ1v) is 10.2. The molecule has 0 aromatic carbocycles. The van der Waals surface area contributed by atoms with Gasteiger partial charge in [0.2, 0.25) is 23.6 Å². The summed E-state index contributed by atoms with van der Waals surface area (Å²) in [5.74, 6) is -1.13. The van der Waals surface area contributed by atoms with Crippen molar-refractivity contribution in [3.05, 3.63) is 18.2 Å². The Morgan fingerprint density at radius 3 is 2.89 bits per heavy atom. The summed E-state index contributed by atoms with van der Waals surface area (Å²) in [5.41, 5.74) is 6.09. The van der Waals surface area contributed by atoms with Gasteiger partial charge in [-0.3, -0.25) is 19.2 Å². The molecule has 0 aliphatic carbocycles. The van der Waals surface area contributed by atoms with Crippen LogP contribution in [0.25, 0.3) is 0 Å². The maximum Gasteiger partial charge on any atom is 0.246 e. The zero-order valence-corrected chi connectivity index (χ0v) is 16.3. The highest BCUT2D eigenvalue weighted by atomic mass is 32.2. The number of H-pyrrole nitrogens is 1. The first kappa shape index (κ1) is 20.2. The monoisotopic (exact) mass is 408 g/mol. The number of aromatic nitrogens is 2. The first-order valence-electron chi connectivity index (χ1n) is 9.16. The van der Waals surface area contributed by atoms with Gasteiger partial charge in [-0.05, 0) is 19.8 Å². The Kier molecular flexibility index (Phi) is 6.22. The topological polar surface area (TPSA) is 150 Å². The molecular formula is C17H24N6O4S. The van der Waals surface area contributed by atoms with Crippen LogP contribution in [0.15, 0.2) is 12.5 Å². The van der Waals surface area contributed by atoms with Crippen molar-refractivity contribution >= 4 is 35.4 Å². The Labute approximate surface area is 166 Å². The number of imidazole rings is 1. The number of hydrogen-bond acceptors (Lipinski definition) is 6. The molecule has 152 valence electrons. The van der Waals surface area contributed by atoms with Crippen LogP contribution in [0.3, 0.4) is 0 Å². The first-order chi connectivity index (χ1) is 13.4. The number of likely N-dealkylation sites (tertiary alicyclic amines) is 1. The second-order valence-electron chi connectivity index (χ2n) is 6.97. The van der Waals surface area contributed by atoms with Crippen LogP contribution in [-0.4, -0.2) is 74.2 Å². The number of nitrogens with one attached hydrogen (secondary N) is 3. The molecule has 10 nitrogen and oxygen atoms in total. The van der Waals surface area contributed by atoms with E-state index in [1.807, 2.05) is 0 Å². The Bertz CT molecular complexity index is 755. The summed E-state index contributed by atoms with van der Waals surface area (Å²) in [6, 6.07) is -2.27. The Hall–Kier alpha value is -2.56. The zero-order valence-electron chi connectivity index (χ0n) is 15.5. The quantitative estimate of drug-likeness (QED) is 0.451. The van der Waals surface area contributed by atoms with Crippen LogP contribution in [0, 0.1) is 0 Å². The second-order valence-corrected chi connectivity index (χ2v) is 8.34. The lowest BCUT2D eigenvalue weighted by Crippen LogP contribution is -2.59. The molecule has 0 radical (unpaired) electrons. The third-order valence-corrected chi connectivity index (χ3v) is 6.21. The van der Waals surface area contributed by atoms with Crippen LogP contribution in [-0.2, 0) is 25.6 Å². The third-order valence-electron chi connectivity index (χ3n) is 4.97. The van der Waals surface area contributed by atoms with Crippen LogP contribution in [0.2, 0.25) is 0 Å². The SMILES string of the molecule is C[C@@H]1SCC(C(=O)N[C@@H](Cc2cnc[nH]2)C(=O)N2CCC[C@@H]2C(N)=O)NC1=O. The molecule has 3 rings (SSSR count). The van der Waals surface area contributed by atoms with E-state index in [0.717, 1.165) is 0 Å². The number of nitrogens with zero attached hydrogens (tertiary/aromatic N) is 2. The van der Waals surface area contributed by atoms with Gasteiger partial charge in [0.1, 0.15) is 18.1 Å². The molecule has 5 N–H and O–H groups in total. The molecule has 2 saturated heterocycles. The van der Waals surface area contributed by atoms with E-state index < -0.39 is 29.9 Å².